The molecule has 0 N–H and O–H groups in total. The van der Waals surface area contributed by atoms with E-state index in [-0.39, 0.29) is 0 Å². The summed E-state index contributed by atoms with van der Waals surface area (Å²) in [4.78, 5) is 0. The van der Waals surface area contributed by atoms with Gasteiger partial charge in [0.1, 0.15) is 0 Å². The minimum Gasteiger partial charge on any atom is -0.135 e. The predicted octanol–water partition coefficient (Wildman–Crippen LogP) is 6.79. The van der Waals surface area contributed by atoms with Gasteiger partial charge in [-0.05, 0) is 71.5 Å². The van der Waals surface area contributed by atoms with E-state index in [4.69, 9.17) is 0 Å². The first kappa shape index (κ1) is 17.4. The highest BCUT2D eigenvalue weighted by atomic mass is 16.5. The van der Waals surface area contributed by atoms with Crippen LogP contribution in [0.1, 0.15) is 38.8 Å². The maximum absolute atomic E-state index is 13.7. The first-order valence-corrected chi connectivity index (χ1v) is 9.86. The van der Waals surface area contributed by atoms with E-state index in [9.17, 15) is 5.21 Å². The lowest BCUT2D eigenvalue weighted by atomic mass is 9.82. The van der Waals surface area contributed by atoms with Gasteiger partial charge in [0.05, 0.1) is 11.1 Å². The Balaban J connectivity index is 2.09. The monoisotopic (exact) mass is 366 g/mol. The molecule has 1 aliphatic heterocycles. The van der Waals surface area contributed by atoms with Crippen LogP contribution in [0.4, 0.5) is 0 Å². The van der Waals surface area contributed by atoms with Gasteiger partial charge in [-0.15, -0.1) is 10.3 Å². The summed E-state index contributed by atoms with van der Waals surface area (Å²) < 4.78 is 0. The predicted molar refractivity (Wildman–Crippen MR) is 115 cm³/mol. The Hall–Kier alpha value is -2.68. The summed E-state index contributed by atoms with van der Waals surface area (Å²) in [6.07, 6.45) is 0. The van der Waals surface area contributed by atoms with Crippen LogP contribution in [0, 0.1) is 0 Å². The first-order valence-electron chi connectivity index (χ1n) is 9.86. The highest BCUT2D eigenvalue weighted by Gasteiger charge is 2.46. The first-order chi connectivity index (χ1) is 13.3. The van der Waals surface area contributed by atoms with Crippen LogP contribution in [0.25, 0.3) is 32.7 Å². The van der Waals surface area contributed by atoms with Crippen molar-refractivity contribution >= 4 is 21.5 Å². The quantitative estimate of drug-likeness (QED) is 0.336. The Morgan fingerprint density at radius 1 is 0.571 bits per heavy atom. The van der Waals surface area contributed by atoms with Crippen LogP contribution < -0.4 is 0 Å². The number of rotatable bonds is 0. The number of hydrogen-bond donors (Lipinski definition) is 0. The summed E-state index contributed by atoms with van der Waals surface area (Å²) in [5.41, 5.74) is 3.27. The highest BCUT2D eigenvalue weighted by Crippen LogP contribution is 2.52. The van der Waals surface area contributed by atoms with Gasteiger partial charge >= 0.3 is 0 Å². The van der Waals surface area contributed by atoms with Crippen molar-refractivity contribution in [1.29, 1.82) is 0 Å². The maximum Gasteiger partial charge on any atom is 0.0701 e. The molecule has 2 heteroatoms. The number of fused-ring (bicyclic) bond motifs is 7. The molecule has 0 saturated carbocycles. The molecule has 4 aromatic carbocycles. The molecule has 0 fully saturated rings. The van der Waals surface area contributed by atoms with E-state index in [1.165, 1.54) is 37.7 Å². The van der Waals surface area contributed by atoms with Gasteiger partial charge < -0.3 is 0 Å². The van der Waals surface area contributed by atoms with Crippen LogP contribution in [0.15, 0.2) is 72.8 Å². The van der Waals surface area contributed by atoms with Crippen LogP contribution in [-0.2, 0) is 16.3 Å². The zero-order valence-corrected chi connectivity index (χ0v) is 16.8. The molecule has 0 spiro atoms. The molecule has 0 aliphatic carbocycles. The largest absolute Gasteiger partial charge is 0.135 e. The normalized spacial score (nSPS) is 17.9. The lowest BCUT2D eigenvalue weighted by Gasteiger charge is -2.41. The van der Waals surface area contributed by atoms with Gasteiger partial charge in [-0.3, -0.25) is 0 Å². The number of hydrogen-bond acceptors (Lipinski definition) is 1. The summed E-state index contributed by atoms with van der Waals surface area (Å²) in [5, 5.41) is 19.8. The number of nitrogens with zero attached hydrogens (tertiary/aromatic N) is 1. The minimum absolute atomic E-state index is 0.650. The van der Waals surface area contributed by atoms with Gasteiger partial charge in [-0.2, -0.15) is 0 Å². The van der Waals surface area contributed by atoms with Gasteiger partial charge in [0.2, 0.25) is 0 Å². The van der Waals surface area contributed by atoms with Crippen molar-refractivity contribution in [1.82, 2.24) is 5.06 Å². The van der Waals surface area contributed by atoms with E-state index in [0.29, 0.717) is 0 Å². The smallest absolute Gasteiger partial charge is 0.0701 e. The standard InChI is InChI=1S/C26H24NO/c1-25(2)21-15-13-17-9-5-7-11-19(17)23(21)24-20-12-8-6-10-18(20)14-16-22(24)26(3,4)27(25)28/h5-16H,1-4H3. The molecule has 28 heavy (non-hydrogen) atoms. The molecule has 4 aromatic rings. The fraction of sp³-hybridized carbons (Fsp3) is 0.231. The van der Waals surface area contributed by atoms with Crippen LogP contribution >= 0.6 is 0 Å². The second-order valence-electron chi connectivity index (χ2n) is 8.83. The van der Waals surface area contributed by atoms with Gasteiger partial charge in [0.25, 0.3) is 0 Å². The molecule has 0 saturated heterocycles. The molecule has 1 radical (unpaired) electrons. The molecule has 0 aromatic heterocycles. The average molecular weight is 366 g/mol. The van der Waals surface area contributed by atoms with Gasteiger partial charge in [-0.1, -0.05) is 72.8 Å². The molecule has 0 atom stereocenters. The van der Waals surface area contributed by atoms with Crippen molar-refractivity contribution < 1.29 is 5.21 Å². The zero-order valence-electron chi connectivity index (χ0n) is 16.8. The Morgan fingerprint density at radius 3 is 1.39 bits per heavy atom. The summed E-state index contributed by atoms with van der Waals surface area (Å²) in [7, 11) is 0. The van der Waals surface area contributed by atoms with Crippen LogP contribution in [0.3, 0.4) is 0 Å². The Morgan fingerprint density at radius 2 is 0.964 bits per heavy atom. The summed E-state index contributed by atoms with van der Waals surface area (Å²) in [6.45, 7) is 8.18. The van der Waals surface area contributed by atoms with Crippen molar-refractivity contribution in [3.63, 3.8) is 0 Å². The average Bonchev–Trinajstić information content (AvgIpc) is 2.75. The number of hydroxylamine groups is 2. The second-order valence-corrected chi connectivity index (χ2v) is 8.83. The molecule has 2 nitrogen and oxygen atoms in total. The van der Waals surface area contributed by atoms with E-state index in [1.54, 1.807) is 0 Å². The molecule has 1 heterocycles. The van der Waals surface area contributed by atoms with Gasteiger partial charge in [-0.25, -0.2) is 0 Å². The molecule has 0 bridgehead atoms. The lowest BCUT2D eigenvalue weighted by Crippen LogP contribution is -2.48. The Kier molecular flexibility index (Phi) is 3.52. The topological polar surface area (TPSA) is 23.1 Å². The zero-order chi connectivity index (χ0) is 19.7. The summed E-state index contributed by atoms with van der Waals surface area (Å²) in [6, 6.07) is 25.6. The van der Waals surface area contributed by atoms with Crippen LogP contribution in [0.2, 0.25) is 0 Å². The van der Waals surface area contributed by atoms with Crippen LogP contribution in [0.5, 0.6) is 0 Å². The van der Waals surface area contributed by atoms with E-state index in [1.807, 2.05) is 27.7 Å². The summed E-state index contributed by atoms with van der Waals surface area (Å²) >= 11 is 0. The molecular formula is C26H24NO. The third-order valence-corrected chi connectivity index (χ3v) is 6.44. The van der Waals surface area contributed by atoms with Gasteiger partial charge in [0.15, 0.2) is 0 Å². The van der Waals surface area contributed by atoms with E-state index < -0.39 is 11.1 Å². The van der Waals surface area contributed by atoms with Crippen molar-refractivity contribution in [3.8, 4) is 11.1 Å². The van der Waals surface area contributed by atoms with Crippen molar-refractivity contribution in [2.24, 2.45) is 0 Å². The van der Waals surface area contributed by atoms with Crippen molar-refractivity contribution in [2.75, 3.05) is 0 Å². The SMILES string of the molecule is CC1(C)c2ccc3ccccc3c2-c2c(ccc3ccccc23)C(C)(C)N1[O]. The molecular weight excluding hydrogens is 342 g/mol. The summed E-state index contributed by atoms with van der Waals surface area (Å²) in [5.74, 6) is 0. The van der Waals surface area contributed by atoms with Crippen molar-refractivity contribution in [3.05, 3.63) is 83.9 Å². The molecule has 1 aliphatic rings. The van der Waals surface area contributed by atoms with E-state index in [2.05, 4.69) is 72.8 Å². The molecule has 139 valence electrons. The Bertz CT molecular complexity index is 1140. The van der Waals surface area contributed by atoms with E-state index >= 15 is 0 Å². The minimum atomic E-state index is -0.650. The molecule has 0 amide bonds. The third-order valence-electron chi connectivity index (χ3n) is 6.44. The maximum atomic E-state index is 13.7. The van der Waals surface area contributed by atoms with Crippen LogP contribution in [-0.4, -0.2) is 5.06 Å². The third kappa shape index (κ3) is 2.16. The Labute approximate surface area is 166 Å². The highest BCUT2D eigenvalue weighted by molar-refractivity contribution is 6.08. The second kappa shape index (κ2) is 5.66. The fourth-order valence-electron chi connectivity index (χ4n) is 5.02. The number of benzene rings is 4. The van der Waals surface area contributed by atoms with E-state index in [0.717, 1.165) is 11.1 Å². The molecule has 5 rings (SSSR count). The van der Waals surface area contributed by atoms with Gasteiger partial charge in [0, 0.05) is 0 Å². The van der Waals surface area contributed by atoms with Crippen molar-refractivity contribution in [2.45, 2.75) is 38.8 Å². The molecule has 0 unspecified atom stereocenters. The lowest BCUT2D eigenvalue weighted by molar-refractivity contribution is -0.278. The fourth-order valence-corrected chi connectivity index (χ4v) is 5.02.